The molecule has 0 radical (unpaired) electrons. The average molecular weight is 443 g/mol. The molecule has 2 fully saturated rings. The van der Waals surface area contributed by atoms with E-state index in [2.05, 4.69) is 20.2 Å². The summed E-state index contributed by atoms with van der Waals surface area (Å²) in [6, 6.07) is -0.963. The Morgan fingerprint density at radius 2 is 2.30 bits per heavy atom. The van der Waals surface area contributed by atoms with E-state index in [9.17, 15) is 9.36 Å². The summed E-state index contributed by atoms with van der Waals surface area (Å²) in [5.74, 6) is -0.619. The van der Waals surface area contributed by atoms with Crippen LogP contribution in [-0.4, -0.2) is 62.7 Å². The van der Waals surface area contributed by atoms with Gasteiger partial charge in [-0.25, -0.2) is 28.5 Å². The van der Waals surface area contributed by atoms with Crippen molar-refractivity contribution in [3.63, 3.8) is 0 Å². The van der Waals surface area contributed by atoms with E-state index >= 15 is 4.39 Å². The molecule has 11 nitrogen and oxygen atoms in total. The predicted octanol–water partition coefficient (Wildman–Crippen LogP) is 1.67. The van der Waals surface area contributed by atoms with E-state index < -0.39 is 43.7 Å². The number of carbonyl (C=O) groups excluding carboxylic acids is 1. The lowest BCUT2D eigenvalue weighted by atomic mass is 9.93. The second-order valence-electron chi connectivity index (χ2n) is 7.39. The monoisotopic (exact) mass is 443 g/mol. The van der Waals surface area contributed by atoms with Gasteiger partial charge in [-0.05, 0) is 27.7 Å². The maximum Gasteiger partial charge on any atom is 0.406 e. The first kappa shape index (κ1) is 21.3. The predicted molar refractivity (Wildman–Crippen MR) is 100 cm³/mol. The summed E-state index contributed by atoms with van der Waals surface area (Å²) in [4.78, 5) is 20.2. The lowest BCUT2D eigenvalue weighted by molar-refractivity contribution is -0.145. The van der Waals surface area contributed by atoms with Crippen molar-refractivity contribution >= 4 is 19.4 Å². The maximum absolute atomic E-state index is 15.9. The van der Waals surface area contributed by atoms with E-state index in [0.29, 0.717) is 17.0 Å². The SMILES string of the molecule is CCOC(=O)[C@H](C)NP1(=O)OC[C@H]2O[C@@H](c3cnc4c(C)ncnn34)[C@](C)(F)[C@@H]2O1. The standard InChI is InChI=1S/C17H23FN5O6P/c1-5-26-16(24)10(3)22-30(25)27-7-12-14(29-30)17(4,18)13(28-12)11-6-19-15-9(2)20-8-21-23(11)15/h6,8,10,12-14H,5,7H2,1-4H3,(H,22,25)/t10-,12+,13-,14+,17-,30?/m0/s1. The third kappa shape index (κ3) is 3.52. The highest BCUT2D eigenvalue weighted by Gasteiger charge is 2.61. The van der Waals surface area contributed by atoms with Crippen LogP contribution in [0.15, 0.2) is 12.5 Å². The van der Waals surface area contributed by atoms with E-state index in [1.165, 1.54) is 30.9 Å². The van der Waals surface area contributed by atoms with Gasteiger partial charge >= 0.3 is 13.7 Å². The molecule has 1 unspecified atom stereocenters. The van der Waals surface area contributed by atoms with E-state index in [1.54, 1.807) is 13.8 Å². The first-order valence-corrected chi connectivity index (χ1v) is 11.1. The minimum Gasteiger partial charge on any atom is -0.465 e. The van der Waals surface area contributed by atoms with Crippen LogP contribution in [0, 0.1) is 6.92 Å². The highest BCUT2D eigenvalue weighted by Crippen LogP contribution is 2.57. The van der Waals surface area contributed by atoms with Crippen LogP contribution in [0.2, 0.25) is 0 Å². The number of ether oxygens (including phenoxy) is 2. The molecule has 2 aromatic heterocycles. The van der Waals surface area contributed by atoms with Gasteiger partial charge in [0, 0.05) is 0 Å². The van der Waals surface area contributed by atoms with E-state index in [0.717, 1.165) is 0 Å². The Morgan fingerprint density at radius 1 is 1.53 bits per heavy atom. The lowest BCUT2D eigenvalue weighted by Gasteiger charge is -2.35. The zero-order valence-corrected chi connectivity index (χ0v) is 17.8. The molecule has 13 heteroatoms. The van der Waals surface area contributed by atoms with Crippen LogP contribution in [0.1, 0.15) is 38.3 Å². The minimum atomic E-state index is -3.98. The number of alkyl halides is 1. The molecule has 0 saturated carbocycles. The van der Waals surface area contributed by atoms with Crippen LogP contribution in [-0.2, 0) is 27.9 Å². The number of aryl methyl sites for hydroxylation is 1. The molecule has 0 bridgehead atoms. The largest absolute Gasteiger partial charge is 0.465 e. The average Bonchev–Trinajstić information content (AvgIpc) is 3.21. The van der Waals surface area contributed by atoms with Gasteiger partial charge in [-0.2, -0.15) is 5.10 Å². The van der Waals surface area contributed by atoms with E-state index in [1.807, 2.05) is 0 Å². The maximum atomic E-state index is 15.9. The number of esters is 1. The number of nitrogens with one attached hydrogen (secondary N) is 1. The first-order chi connectivity index (χ1) is 14.2. The van der Waals surface area contributed by atoms with Crippen LogP contribution in [0.5, 0.6) is 0 Å². The molecule has 0 aromatic carbocycles. The Bertz CT molecular complexity index is 1020. The second-order valence-corrected chi connectivity index (χ2v) is 9.11. The molecule has 2 aromatic rings. The first-order valence-electron chi connectivity index (χ1n) is 9.53. The minimum absolute atomic E-state index is 0.169. The van der Waals surface area contributed by atoms with Gasteiger partial charge in [-0.15, -0.1) is 0 Å². The fourth-order valence-corrected chi connectivity index (χ4v) is 5.41. The van der Waals surface area contributed by atoms with Crippen LogP contribution in [0.25, 0.3) is 5.65 Å². The molecule has 164 valence electrons. The van der Waals surface area contributed by atoms with Gasteiger partial charge in [0.2, 0.25) is 0 Å². The summed E-state index contributed by atoms with van der Waals surface area (Å²) in [5, 5.41) is 6.63. The van der Waals surface area contributed by atoms with Crippen LogP contribution in [0.4, 0.5) is 4.39 Å². The number of hydrogen-bond acceptors (Lipinski definition) is 9. The van der Waals surface area contributed by atoms with Crippen molar-refractivity contribution in [1.82, 2.24) is 24.7 Å². The van der Waals surface area contributed by atoms with Gasteiger partial charge in [0.25, 0.3) is 0 Å². The lowest BCUT2D eigenvalue weighted by Crippen LogP contribution is -2.47. The third-order valence-corrected chi connectivity index (χ3v) is 6.84. The molecule has 4 rings (SSSR count). The van der Waals surface area contributed by atoms with Crippen molar-refractivity contribution in [1.29, 1.82) is 0 Å². The normalized spacial score (nSPS) is 34.6. The Labute approximate surface area is 171 Å². The highest BCUT2D eigenvalue weighted by molar-refractivity contribution is 7.51. The van der Waals surface area contributed by atoms with Gasteiger partial charge in [0.1, 0.15) is 30.7 Å². The van der Waals surface area contributed by atoms with Crippen molar-refractivity contribution in [2.45, 2.75) is 57.7 Å². The van der Waals surface area contributed by atoms with Crippen molar-refractivity contribution < 1.29 is 32.3 Å². The fourth-order valence-electron chi connectivity index (χ4n) is 3.65. The smallest absolute Gasteiger partial charge is 0.406 e. The molecule has 6 atom stereocenters. The van der Waals surface area contributed by atoms with Crippen molar-refractivity contribution in [3.05, 3.63) is 23.9 Å². The molecule has 2 aliphatic heterocycles. The van der Waals surface area contributed by atoms with Crippen molar-refractivity contribution in [2.75, 3.05) is 13.2 Å². The van der Waals surface area contributed by atoms with Gasteiger partial charge in [0.15, 0.2) is 11.3 Å². The molecule has 30 heavy (non-hydrogen) atoms. The summed E-state index contributed by atoms with van der Waals surface area (Å²) in [7, 11) is -3.98. The fraction of sp³-hybridized carbons (Fsp3) is 0.647. The Morgan fingerprint density at radius 3 is 3.03 bits per heavy atom. The number of aromatic nitrogens is 4. The number of carbonyl (C=O) groups is 1. The van der Waals surface area contributed by atoms with Gasteiger partial charge < -0.3 is 9.47 Å². The number of imidazole rings is 1. The van der Waals surface area contributed by atoms with Crippen LogP contribution in [0.3, 0.4) is 0 Å². The zero-order valence-electron chi connectivity index (χ0n) is 16.9. The number of halogens is 1. The molecule has 2 aliphatic rings. The molecule has 2 saturated heterocycles. The van der Waals surface area contributed by atoms with Crippen molar-refractivity contribution in [3.8, 4) is 0 Å². The van der Waals surface area contributed by atoms with E-state index in [-0.39, 0.29) is 13.2 Å². The molecule has 0 amide bonds. The Hall–Kier alpha value is -1.98. The summed E-state index contributed by atoms with van der Waals surface area (Å²) < 4.78 is 52.0. The van der Waals surface area contributed by atoms with Gasteiger partial charge in [-0.3, -0.25) is 13.8 Å². The highest BCUT2D eigenvalue weighted by atomic mass is 31.2. The van der Waals surface area contributed by atoms with Crippen LogP contribution < -0.4 is 5.09 Å². The third-order valence-electron chi connectivity index (χ3n) is 5.15. The zero-order chi connectivity index (χ0) is 21.7. The van der Waals surface area contributed by atoms with E-state index in [4.69, 9.17) is 18.5 Å². The Kier molecular flexibility index (Phi) is 5.39. The summed E-state index contributed by atoms with van der Waals surface area (Å²) in [6.07, 6.45) is -0.273. The number of nitrogens with zero attached hydrogens (tertiary/aromatic N) is 4. The molecule has 1 N–H and O–H groups in total. The topological polar surface area (TPSA) is 126 Å². The second kappa shape index (κ2) is 7.61. The van der Waals surface area contributed by atoms with Gasteiger partial charge in [0.05, 0.1) is 30.8 Å². The summed E-state index contributed by atoms with van der Waals surface area (Å²) in [5.41, 5.74) is -0.586. The molecular weight excluding hydrogens is 420 g/mol. The number of hydrogen-bond donors (Lipinski definition) is 1. The number of fused-ring (bicyclic) bond motifs is 2. The Balaban J connectivity index is 1.58. The van der Waals surface area contributed by atoms with Crippen molar-refractivity contribution in [2.24, 2.45) is 0 Å². The molecule has 0 aliphatic carbocycles. The van der Waals surface area contributed by atoms with Gasteiger partial charge in [-0.1, -0.05) is 0 Å². The quantitative estimate of drug-likeness (QED) is 0.539. The number of rotatable bonds is 5. The van der Waals surface area contributed by atoms with Crippen LogP contribution >= 0.6 is 7.75 Å². The summed E-state index contributed by atoms with van der Waals surface area (Å²) >= 11 is 0. The summed E-state index contributed by atoms with van der Waals surface area (Å²) in [6.45, 7) is 6.18. The molecule has 4 heterocycles. The molecular formula is C17H23FN5O6P. The molecule has 0 spiro atoms.